The molecule has 0 spiro atoms. The normalized spacial score (nSPS) is 33.2. The molecule has 1 saturated carbocycles. The van der Waals surface area contributed by atoms with Crippen LogP contribution in [-0.4, -0.2) is 21.2 Å². The second kappa shape index (κ2) is 3.85. The Balaban J connectivity index is 2.31. The molecule has 0 bridgehead atoms. The van der Waals surface area contributed by atoms with Crippen LogP contribution in [0.15, 0.2) is 0 Å². The number of rotatable bonds is 2. The van der Waals surface area contributed by atoms with Gasteiger partial charge in [-0.15, -0.1) is 0 Å². The molecule has 2 atom stereocenters. The molecule has 3 heteroatoms. The minimum absolute atomic E-state index is 0.388. The van der Waals surface area contributed by atoms with Crippen molar-refractivity contribution in [3.63, 3.8) is 0 Å². The monoisotopic (exact) mass is 136 g/mol. The van der Waals surface area contributed by atoms with Crippen molar-refractivity contribution in [3.05, 3.63) is 0 Å². The maximum atomic E-state index is 10.4. The van der Waals surface area contributed by atoms with Gasteiger partial charge in [-0.3, -0.25) is 0 Å². The molecule has 1 rings (SSSR count). The molecule has 10 heavy (non-hydrogen) atoms. The lowest BCUT2D eigenvalue weighted by atomic mass is 9.44. The van der Waals surface area contributed by atoms with Gasteiger partial charge in [-0.1, -0.05) is 18.7 Å². The van der Waals surface area contributed by atoms with Gasteiger partial charge in [0.1, 0.15) is 6.29 Å². The van der Waals surface area contributed by atoms with Gasteiger partial charge in [-0.05, 0) is 12.8 Å². The standard InChI is InChI=1S/C7H14B2O/c8-9-7-3-1-2-6(4-7)5-10/h5-7,9H,1-4,8H2. The van der Waals surface area contributed by atoms with E-state index in [0.29, 0.717) is 5.92 Å². The number of carbonyl (C=O) groups is 1. The molecule has 54 valence electrons. The summed E-state index contributed by atoms with van der Waals surface area (Å²) in [6, 6.07) is 0. The highest BCUT2D eigenvalue weighted by Crippen LogP contribution is 2.30. The van der Waals surface area contributed by atoms with Gasteiger partial charge in [0.2, 0.25) is 0 Å². The second-order valence-electron chi connectivity index (χ2n) is 3.34. The number of carbonyl (C=O) groups excluding carboxylic acids is 1. The quantitative estimate of drug-likeness (QED) is 0.389. The molecule has 0 aliphatic heterocycles. The van der Waals surface area contributed by atoms with Gasteiger partial charge < -0.3 is 4.79 Å². The third-order valence-electron chi connectivity index (χ3n) is 2.59. The Bertz CT molecular complexity index is 116. The molecule has 0 radical (unpaired) electrons. The van der Waals surface area contributed by atoms with E-state index in [1.54, 1.807) is 0 Å². The van der Waals surface area contributed by atoms with Crippen LogP contribution in [0.1, 0.15) is 25.7 Å². The van der Waals surface area contributed by atoms with Gasteiger partial charge in [0.15, 0.2) is 0 Å². The third kappa shape index (κ3) is 1.89. The lowest BCUT2D eigenvalue weighted by Gasteiger charge is -2.24. The first kappa shape index (κ1) is 7.90. The van der Waals surface area contributed by atoms with Crippen molar-refractivity contribution in [2.24, 2.45) is 5.92 Å². The molecular formula is C7H14B2O. The van der Waals surface area contributed by atoms with Crippen LogP contribution in [0.4, 0.5) is 0 Å². The molecule has 0 amide bonds. The predicted molar refractivity (Wildman–Crippen MR) is 47.5 cm³/mol. The van der Waals surface area contributed by atoms with Gasteiger partial charge in [0.05, 0.1) is 14.9 Å². The zero-order valence-corrected chi connectivity index (χ0v) is 6.68. The molecule has 2 unspecified atom stereocenters. The summed E-state index contributed by atoms with van der Waals surface area (Å²) >= 11 is 0. The van der Waals surface area contributed by atoms with Crippen LogP contribution >= 0.6 is 0 Å². The van der Waals surface area contributed by atoms with Crippen LogP contribution in [0.5, 0.6) is 0 Å². The minimum atomic E-state index is 0.388. The molecule has 0 aromatic heterocycles. The molecule has 1 aliphatic rings. The van der Waals surface area contributed by atoms with E-state index < -0.39 is 0 Å². The number of aldehydes is 1. The van der Waals surface area contributed by atoms with Crippen molar-refractivity contribution in [3.8, 4) is 0 Å². The van der Waals surface area contributed by atoms with Crippen LogP contribution in [-0.2, 0) is 4.79 Å². The highest BCUT2D eigenvalue weighted by Gasteiger charge is 2.19. The van der Waals surface area contributed by atoms with Crippen molar-refractivity contribution >= 4 is 21.2 Å². The first-order chi connectivity index (χ1) is 4.86. The zero-order chi connectivity index (χ0) is 7.40. The van der Waals surface area contributed by atoms with E-state index in [2.05, 4.69) is 7.74 Å². The number of hydrogen-bond donors (Lipinski definition) is 0. The third-order valence-corrected chi connectivity index (χ3v) is 2.59. The summed E-state index contributed by atoms with van der Waals surface area (Å²) in [5, 5.41) is 0. The summed E-state index contributed by atoms with van der Waals surface area (Å²) in [6.45, 7) is 0. The van der Waals surface area contributed by atoms with Crippen molar-refractivity contribution in [1.82, 2.24) is 0 Å². The van der Waals surface area contributed by atoms with E-state index in [4.69, 9.17) is 0 Å². The molecular weight excluding hydrogens is 122 g/mol. The average molecular weight is 136 g/mol. The Morgan fingerprint density at radius 1 is 1.50 bits per heavy atom. The van der Waals surface area contributed by atoms with Gasteiger partial charge in [-0.2, -0.15) is 0 Å². The molecule has 1 fully saturated rings. The molecule has 0 saturated heterocycles. The SMILES string of the molecule is BBC1CCCC(C=O)C1. The van der Waals surface area contributed by atoms with Crippen molar-refractivity contribution in [2.45, 2.75) is 31.5 Å². The summed E-state index contributed by atoms with van der Waals surface area (Å²) in [4.78, 5) is 10.4. The Labute approximate surface area is 64.2 Å². The van der Waals surface area contributed by atoms with Gasteiger partial charge in [0.25, 0.3) is 0 Å². The fraction of sp³-hybridized carbons (Fsp3) is 0.857. The summed E-state index contributed by atoms with van der Waals surface area (Å²) in [5.41, 5.74) is 0. The van der Waals surface area contributed by atoms with E-state index in [1.165, 1.54) is 20.0 Å². The molecule has 0 aromatic carbocycles. The lowest BCUT2D eigenvalue weighted by molar-refractivity contribution is -0.111. The molecule has 1 nitrogen and oxygen atoms in total. The van der Waals surface area contributed by atoms with Crippen LogP contribution in [0, 0.1) is 5.92 Å². The number of hydrogen-bond acceptors (Lipinski definition) is 1. The first-order valence-electron chi connectivity index (χ1n) is 4.32. The maximum absolute atomic E-state index is 10.4. The Morgan fingerprint density at radius 2 is 2.30 bits per heavy atom. The van der Waals surface area contributed by atoms with E-state index in [9.17, 15) is 4.79 Å². The van der Waals surface area contributed by atoms with E-state index in [-0.39, 0.29) is 0 Å². The van der Waals surface area contributed by atoms with Crippen molar-refractivity contribution in [2.75, 3.05) is 0 Å². The summed E-state index contributed by atoms with van der Waals surface area (Å²) in [6.07, 6.45) is 6.05. The molecule has 0 N–H and O–H groups in total. The van der Waals surface area contributed by atoms with E-state index >= 15 is 0 Å². The highest BCUT2D eigenvalue weighted by atomic mass is 16.1. The predicted octanol–water partition coefficient (Wildman–Crippen LogP) is 0.149. The molecule has 0 heterocycles. The first-order valence-corrected chi connectivity index (χ1v) is 4.32. The minimum Gasteiger partial charge on any atom is -0.303 e. The summed E-state index contributed by atoms with van der Waals surface area (Å²) in [7, 11) is 3.47. The highest BCUT2D eigenvalue weighted by molar-refractivity contribution is 6.90. The fourth-order valence-corrected chi connectivity index (χ4v) is 1.83. The summed E-state index contributed by atoms with van der Waals surface area (Å²) < 4.78 is 0. The van der Waals surface area contributed by atoms with Crippen molar-refractivity contribution in [1.29, 1.82) is 0 Å². The van der Waals surface area contributed by atoms with Crippen LogP contribution in [0.3, 0.4) is 0 Å². The smallest absolute Gasteiger partial charge is 0.123 e. The fourth-order valence-electron chi connectivity index (χ4n) is 1.83. The zero-order valence-electron chi connectivity index (χ0n) is 6.68. The van der Waals surface area contributed by atoms with Crippen molar-refractivity contribution < 1.29 is 4.79 Å². The van der Waals surface area contributed by atoms with Gasteiger partial charge in [-0.25, -0.2) is 0 Å². The van der Waals surface area contributed by atoms with Gasteiger partial charge >= 0.3 is 0 Å². The molecule has 1 aliphatic carbocycles. The van der Waals surface area contributed by atoms with E-state index in [1.807, 2.05) is 0 Å². The Hall–Kier alpha value is -0.200. The summed E-state index contributed by atoms with van der Waals surface area (Å²) in [5.74, 6) is 1.22. The Morgan fingerprint density at radius 3 is 2.90 bits per heavy atom. The van der Waals surface area contributed by atoms with E-state index in [0.717, 1.165) is 24.9 Å². The van der Waals surface area contributed by atoms with Crippen LogP contribution in [0.2, 0.25) is 5.82 Å². The van der Waals surface area contributed by atoms with Crippen LogP contribution in [0.25, 0.3) is 0 Å². The average Bonchev–Trinajstić information content (AvgIpc) is 2.05. The largest absolute Gasteiger partial charge is 0.303 e. The maximum Gasteiger partial charge on any atom is 0.123 e. The Kier molecular flexibility index (Phi) is 3.04. The van der Waals surface area contributed by atoms with Gasteiger partial charge in [0, 0.05) is 5.92 Å². The lowest BCUT2D eigenvalue weighted by Crippen LogP contribution is -2.16. The van der Waals surface area contributed by atoms with Crippen LogP contribution < -0.4 is 0 Å². The molecule has 0 aromatic rings. The second-order valence-corrected chi connectivity index (χ2v) is 3.34. The topological polar surface area (TPSA) is 17.1 Å².